The summed E-state index contributed by atoms with van der Waals surface area (Å²) in [4.78, 5) is 15.8. The number of rotatable bonds is 4. The van der Waals surface area contributed by atoms with Crippen LogP contribution < -0.4 is 10.6 Å². The van der Waals surface area contributed by atoms with E-state index in [1.807, 2.05) is 20.9 Å². The van der Waals surface area contributed by atoms with E-state index in [9.17, 15) is 4.79 Å². The molecule has 0 spiro atoms. The third kappa shape index (κ3) is 3.02. The summed E-state index contributed by atoms with van der Waals surface area (Å²) in [5.41, 5.74) is 5.48. The van der Waals surface area contributed by atoms with Crippen LogP contribution in [0.4, 0.5) is 0 Å². The van der Waals surface area contributed by atoms with Gasteiger partial charge in [-0.05, 0) is 38.7 Å². The van der Waals surface area contributed by atoms with Crippen LogP contribution in [0.1, 0.15) is 52.2 Å². The molecule has 1 saturated heterocycles. The topological polar surface area (TPSA) is 72.7 Å². The van der Waals surface area contributed by atoms with Gasteiger partial charge in [0.05, 0.1) is 27.6 Å². The number of carbonyl (C=O) groups is 1. The van der Waals surface area contributed by atoms with E-state index >= 15 is 0 Å². The van der Waals surface area contributed by atoms with Crippen molar-refractivity contribution in [2.24, 2.45) is 0 Å². The van der Waals surface area contributed by atoms with Crippen LogP contribution in [-0.2, 0) is 21.7 Å². The summed E-state index contributed by atoms with van der Waals surface area (Å²) >= 11 is 0. The van der Waals surface area contributed by atoms with E-state index in [0.717, 1.165) is 67.8 Å². The first-order valence-corrected chi connectivity index (χ1v) is 14.3. The van der Waals surface area contributed by atoms with Crippen LogP contribution in [-0.4, -0.2) is 60.0 Å². The molecule has 0 saturated carbocycles. The Morgan fingerprint density at radius 3 is 2.48 bits per heavy atom. The van der Waals surface area contributed by atoms with Crippen LogP contribution >= 0.6 is 0 Å². The average molecular weight is 544 g/mol. The second-order valence-electron chi connectivity index (χ2n) is 11.1. The van der Waals surface area contributed by atoms with Gasteiger partial charge in [0.25, 0.3) is 5.91 Å². The molecule has 1 fully saturated rings. The standard InChI is InChI=1S/C30H31N5O3.C2H6.2H2/c1-30-28(37-4)21(33(3)15-31-2)13-22(38-30)34-19-11-7-5-9-16(19)24-25-18(14-32-29(25)36)23-17-10-6-8-12-20(17)35(30)27(23)26(24)34;1-2;;/h5-12,21-22,28,31H,13-15H2,1-4H3,(H,32,36);1-2H3;2*1H/t21-,22-,28-,30+;;;/m1.../s1. The quantitative estimate of drug-likeness (QED) is 0.282. The molecule has 2 bridgehead atoms. The fourth-order valence-electron chi connectivity index (χ4n) is 7.81. The monoisotopic (exact) mass is 543 g/mol. The van der Waals surface area contributed by atoms with Crippen LogP contribution in [0.25, 0.3) is 43.6 Å². The van der Waals surface area contributed by atoms with Gasteiger partial charge in [-0.15, -0.1) is 0 Å². The number of carbonyl (C=O) groups excluding carboxylic acids is 1. The number of amides is 1. The number of fused-ring (bicyclic) bond motifs is 13. The summed E-state index contributed by atoms with van der Waals surface area (Å²) in [5, 5.41) is 10.8. The molecule has 1 amide bonds. The first kappa shape index (κ1) is 25.5. The molecule has 0 unspecified atom stereocenters. The Morgan fingerprint density at radius 1 is 1.10 bits per heavy atom. The van der Waals surface area contributed by atoms with Crippen molar-refractivity contribution in [3.63, 3.8) is 0 Å². The highest BCUT2D eigenvalue weighted by molar-refractivity contribution is 6.31. The number of methoxy groups -OCH3 is 1. The van der Waals surface area contributed by atoms with Crippen molar-refractivity contribution >= 4 is 49.5 Å². The predicted molar refractivity (Wildman–Crippen MR) is 164 cm³/mol. The molecule has 3 aliphatic rings. The molecule has 8 nitrogen and oxygen atoms in total. The Hall–Kier alpha value is -3.43. The number of ether oxygens (including phenoxy) is 2. The number of likely N-dealkylation sites (N-methyl/N-ethyl adjacent to an activating group) is 1. The summed E-state index contributed by atoms with van der Waals surface area (Å²) in [5.74, 6) is 0.00220. The predicted octanol–water partition coefficient (Wildman–Crippen LogP) is 5.76. The Bertz CT molecular complexity index is 1830. The van der Waals surface area contributed by atoms with Crippen LogP contribution in [0.5, 0.6) is 0 Å². The van der Waals surface area contributed by atoms with E-state index in [-0.39, 0.29) is 27.1 Å². The van der Waals surface area contributed by atoms with Crippen molar-refractivity contribution in [3.8, 4) is 0 Å². The summed E-state index contributed by atoms with van der Waals surface area (Å²) in [6.45, 7) is 7.44. The van der Waals surface area contributed by atoms with Crippen molar-refractivity contribution in [3.05, 3.63) is 59.7 Å². The molecule has 4 atom stereocenters. The van der Waals surface area contributed by atoms with Crippen molar-refractivity contribution < 1.29 is 17.1 Å². The van der Waals surface area contributed by atoms with Gasteiger partial charge >= 0.3 is 0 Å². The molecule has 5 aromatic rings. The van der Waals surface area contributed by atoms with Gasteiger partial charge in [0.1, 0.15) is 12.3 Å². The Morgan fingerprint density at radius 2 is 1.77 bits per heavy atom. The first-order valence-electron chi connectivity index (χ1n) is 14.3. The molecule has 0 radical (unpaired) electrons. The molecule has 3 aliphatic heterocycles. The highest BCUT2D eigenvalue weighted by atomic mass is 16.6. The molecule has 8 rings (SSSR count). The van der Waals surface area contributed by atoms with Gasteiger partial charge in [-0.2, -0.15) is 0 Å². The summed E-state index contributed by atoms with van der Waals surface area (Å²) < 4.78 is 18.3. The zero-order valence-corrected chi connectivity index (χ0v) is 24.0. The number of nitrogens with one attached hydrogen (secondary N) is 2. The number of hydrogen-bond donors (Lipinski definition) is 2. The summed E-state index contributed by atoms with van der Waals surface area (Å²) in [6, 6.07) is 17.1. The second-order valence-corrected chi connectivity index (χ2v) is 11.1. The molecule has 0 aliphatic carbocycles. The minimum absolute atomic E-state index is 0. The van der Waals surface area contributed by atoms with E-state index in [0.29, 0.717) is 6.54 Å². The second kappa shape index (κ2) is 9.04. The highest BCUT2D eigenvalue weighted by Crippen LogP contribution is 2.54. The maximum absolute atomic E-state index is 13.4. The van der Waals surface area contributed by atoms with E-state index in [4.69, 9.17) is 9.47 Å². The maximum Gasteiger partial charge on any atom is 0.252 e. The van der Waals surface area contributed by atoms with E-state index in [1.165, 1.54) is 0 Å². The zero-order valence-electron chi connectivity index (χ0n) is 24.0. The fraction of sp³-hybridized carbons (Fsp3) is 0.406. The van der Waals surface area contributed by atoms with Crippen LogP contribution in [0.2, 0.25) is 0 Å². The van der Waals surface area contributed by atoms with E-state index in [2.05, 4.69) is 87.2 Å². The Kier molecular flexibility index (Phi) is 5.77. The molecule has 3 aromatic carbocycles. The number of hydrogen-bond acceptors (Lipinski definition) is 5. The molecule has 212 valence electrons. The van der Waals surface area contributed by atoms with Crippen LogP contribution in [0.3, 0.4) is 0 Å². The van der Waals surface area contributed by atoms with Crippen molar-refractivity contribution in [2.75, 3.05) is 27.9 Å². The number of nitrogens with zero attached hydrogens (tertiary/aromatic N) is 3. The van der Waals surface area contributed by atoms with Crippen molar-refractivity contribution in [2.45, 2.75) is 57.8 Å². The Balaban J connectivity index is 0.000000864. The van der Waals surface area contributed by atoms with Crippen LogP contribution in [0, 0.1) is 0 Å². The molecular formula is C32H41N5O3. The summed E-state index contributed by atoms with van der Waals surface area (Å²) in [6.07, 6.45) is 0.297. The lowest BCUT2D eigenvalue weighted by molar-refractivity contribution is -0.267. The molecule has 40 heavy (non-hydrogen) atoms. The molecule has 2 N–H and O–H groups in total. The van der Waals surface area contributed by atoms with Crippen molar-refractivity contribution in [1.82, 2.24) is 24.7 Å². The lowest BCUT2D eigenvalue weighted by atomic mass is 9.92. The van der Waals surface area contributed by atoms with Crippen molar-refractivity contribution in [1.29, 1.82) is 0 Å². The average Bonchev–Trinajstić information content (AvgIpc) is 3.61. The van der Waals surface area contributed by atoms with E-state index < -0.39 is 5.72 Å². The number of para-hydroxylation sites is 2. The molecule has 2 aromatic heterocycles. The van der Waals surface area contributed by atoms with Crippen LogP contribution in [0.15, 0.2) is 48.5 Å². The number of benzene rings is 3. The third-order valence-corrected chi connectivity index (χ3v) is 9.17. The minimum atomic E-state index is -0.789. The van der Waals surface area contributed by atoms with Gasteiger partial charge in [0, 0.05) is 57.2 Å². The molecular weight excluding hydrogens is 502 g/mol. The molecule has 8 heteroatoms. The fourth-order valence-corrected chi connectivity index (χ4v) is 7.81. The first-order chi connectivity index (χ1) is 19.5. The Labute approximate surface area is 236 Å². The number of aromatic nitrogens is 2. The molecule has 5 heterocycles. The van der Waals surface area contributed by atoms with Gasteiger partial charge in [-0.3, -0.25) is 9.69 Å². The summed E-state index contributed by atoms with van der Waals surface area (Å²) in [7, 11) is 5.91. The van der Waals surface area contributed by atoms with Gasteiger partial charge < -0.3 is 29.2 Å². The third-order valence-electron chi connectivity index (χ3n) is 9.17. The van der Waals surface area contributed by atoms with Gasteiger partial charge in [0.15, 0.2) is 5.72 Å². The lowest BCUT2D eigenvalue weighted by Gasteiger charge is -2.50. The van der Waals surface area contributed by atoms with Gasteiger partial charge in [0.2, 0.25) is 0 Å². The van der Waals surface area contributed by atoms with E-state index in [1.54, 1.807) is 7.11 Å². The highest BCUT2D eigenvalue weighted by Gasteiger charge is 2.54. The largest absolute Gasteiger partial charge is 0.375 e. The van der Waals surface area contributed by atoms with Gasteiger partial charge in [-0.25, -0.2) is 0 Å². The normalized spacial score (nSPS) is 25.1. The maximum atomic E-state index is 13.4. The lowest BCUT2D eigenvalue weighted by Crippen LogP contribution is -2.61. The van der Waals surface area contributed by atoms with Gasteiger partial charge in [-0.1, -0.05) is 50.2 Å². The minimum Gasteiger partial charge on any atom is -0.375 e. The zero-order chi connectivity index (χ0) is 27.9. The SMILES string of the molecule is CC.CNCN(C)[C@@H]1C[C@H]2O[C@@](C)([C@@H]1OC)n1c3ccccc3c3c4c(c5c6ccccc6n2c5c31)C(=O)NC4.[HH].[HH]. The smallest absolute Gasteiger partial charge is 0.252 e.